The number of aliphatic imine (C=N–C) groups is 1. The van der Waals surface area contributed by atoms with Crippen molar-refractivity contribution in [1.82, 2.24) is 10.6 Å². The van der Waals surface area contributed by atoms with Gasteiger partial charge in [0.1, 0.15) is 11.6 Å². The highest BCUT2D eigenvalue weighted by Crippen LogP contribution is 2.12. The van der Waals surface area contributed by atoms with Crippen LogP contribution in [0.2, 0.25) is 0 Å². The normalized spacial score (nSPS) is 12.4. The predicted molar refractivity (Wildman–Crippen MR) is 74.3 cm³/mol. The van der Waals surface area contributed by atoms with Crippen LogP contribution in [0.15, 0.2) is 23.2 Å². The van der Waals surface area contributed by atoms with E-state index in [2.05, 4.69) is 15.6 Å². The molecule has 0 aliphatic carbocycles. The summed E-state index contributed by atoms with van der Waals surface area (Å²) in [4.78, 5) is 4.06. The van der Waals surface area contributed by atoms with E-state index in [9.17, 15) is 8.78 Å². The predicted octanol–water partition coefficient (Wildman–Crippen LogP) is 2.47. The van der Waals surface area contributed by atoms with Crippen molar-refractivity contribution >= 4 is 5.96 Å². The van der Waals surface area contributed by atoms with Crippen LogP contribution in [-0.4, -0.2) is 25.1 Å². The molecule has 0 aromatic heterocycles. The van der Waals surface area contributed by atoms with Gasteiger partial charge in [-0.3, -0.25) is 4.99 Å². The summed E-state index contributed by atoms with van der Waals surface area (Å²) in [5.41, 5.74) is -0.0216. The van der Waals surface area contributed by atoms with Crippen molar-refractivity contribution in [3.05, 3.63) is 35.4 Å². The van der Waals surface area contributed by atoms with Crippen LogP contribution in [0, 0.1) is 11.6 Å². The second-order valence-electron chi connectivity index (χ2n) is 5.32. The second kappa shape index (κ2) is 6.50. The number of benzene rings is 1. The number of guanidine groups is 1. The van der Waals surface area contributed by atoms with Crippen molar-refractivity contribution in [3.63, 3.8) is 0 Å². The first-order chi connectivity index (χ1) is 8.83. The van der Waals surface area contributed by atoms with Gasteiger partial charge in [0.05, 0.1) is 0 Å². The molecule has 1 aromatic carbocycles. The first kappa shape index (κ1) is 15.4. The molecule has 5 heteroatoms. The van der Waals surface area contributed by atoms with Crippen molar-refractivity contribution in [2.24, 2.45) is 4.99 Å². The van der Waals surface area contributed by atoms with E-state index >= 15 is 0 Å². The Morgan fingerprint density at radius 2 is 1.79 bits per heavy atom. The molecule has 1 aromatic rings. The maximum Gasteiger partial charge on any atom is 0.191 e. The largest absolute Gasteiger partial charge is 0.356 e. The fraction of sp³-hybridized carbons (Fsp3) is 0.500. The van der Waals surface area contributed by atoms with E-state index in [1.54, 1.807) is 7.05 Å². The van der Waals surface area contributed by atoms with Crippen molar-refractivity contribution in [3.8, 4) is 0 Å². The zero-order valence-corrected chi connectivity index (χ0v) is 11.8. The minimum Gasteiger partial charge on any atom is -0.356 e. The van der Waals surface area contributed by atoms with Crippen molar-refractivity contribution < 1.29 is 8.78 Å². The highest BCUT2D eigenvalue weighted by Gasteiger charge is 2.12. The van der Waals surface area contributed by atoms with Gasteiger partial charge in [-0.1, -0.05) is 6.07 Å². The van der Waals surface area contributed by atoms with E-state index in [-0.39, 0.29) is 17.5 Å². The van der Waals surface area contributed by atoms with Crippen LogP contribution >= 0.6 is 0 Å². The molecule has 0 spiro atoms. The summed E-state index contributed by atoms with van der Waals surface area (Å²) < 4.78 is 26.8. The fourth-order valence-electron chi connectivity index (χ4n) is 1.61. The van der Waals surface area contributed by atoms with Gasteiger partial charge in [-0.2, -0.15) is 0 Å². The fourth-order valence-corrected chi connectivity index (χ4v) is 1.61. The summed E-state index contributed by atoms with van der Waals surface area (Å²) >= 11 is 0. The molecule has 106 valence electrons. The minimum atomic E-state index is -0.513. The van der Waals surface area contributed by atoms with E-state index < -0.39 is 11.6 Å². The summed E-state index contributed by atoms with van der Waals surface area (Å²) in [7, 11) is 1.66. The third-order valence-corrected chi connectivity index (χ3v) is 2.45. The van der Waals surface area contributed by atoms with Crippen molar-refractivity contribution in [2.45, 2.75) is 32.7 Å². The zero-order valence-electron chi connectivity index (χ0n) is 11.8. The molecule has 0 fully saturated rings. The van der Waals surface area contributed by atoms with Gasteiger partial charge < -0.3 is 10.6 Å². The maximum absolute atomic E-state index is 13.4. The summed E-state index contributed by atoms with van der Waals surface area (Å²) in [5, 5.41) is 6.21. The van der Waals surface area contributed by atoms with Crippen LogP contribution in [-0.2, 0) is 6.42 Å². The lowest BCUT2D eigenvalue weighted by Gasteiger charge is -2.23. The Kier molecular flexibility index (Phi) is 5.27. The quantitative estimate of drug-likeness (QED) is 0.653. The lowest BCUT2D eigenvalue weighted by molar-refractivity contribution is 0.500. The summed E-state index contributed by atoms with van der Waals surface area (Å²) in [6, 6.07) is 3.89. The summed E-state index contributed by atoms with van der Waals surface area (Å²) in [6.45, 7) is 6.44. The zero-order chi connectivity index (χ0) is 14.5. The third kappa shape index (κ3) is 5.24. The van der Waals surface area contributed by atoms with Crippen molar-refractivity contribution in [1.29, 1.82) is 0 Å². The van der Waals surface area contributed by atoms with Gasteiger partial charge in [0.25, 0.3) is 0 Å². The van der Waals surface area contributed by atoms with Gasteiger partial charge >= 0.3 is 0 Å². The molecule has 0 amide bonds. The monoisotopic (exact) mass is 269 g/mol. The van der Waals surface area contributed by atoms with E-state index in [1.165, 1.54) is 18.2 Å². The van der Waals surface area contributed by atoms with Gasteiger partial charge in [0, 0.05) is 24.7 Å². The molecule has 0 unspecified atom stereocenters. The Bertz CT molecular complexity index is 430. The molecule has 0 heterocycles. The molecule has 0 bridgehead atoms. The van der Waals surface area contributed by atoms with Gasteiger partial charge in [-0.15, -0.1) is 0 Å². The van der Waals surface area contributed by atoms with Crippen LogP contribution in [0.1, 0.15) is 26.3 Å². The lowest BCUT2D eigenvalue weighted by Crippen LogP contribution is -2.48. The van der Waals surface area contributed by atoms with Crippen LogP contribution < -0.4 is 10.6 Å². The SMILES string of the molecule is CN=C(NCCc1c(F)cccc1F)NC(C)(C)C. The number of nitrogens with zero attached hydrogens (tertiary/aromatic N) is 1. The van der Waals surface area contributed by atoms with E-state index in [0.29, 0.717) is 12.5 Å². The van der Waals surface area contributed by atoms with Crippen LogP contribution in [0.3, 0.4) is 0 Å². The number of halogens is 2. The number of rotatable bonds is 3. The van der Waals surface area contributed by atoms with E-state index in [1.807, 2.05) is 20.8 Å². The molecule has 0 aliphatic rings. The Morgan fingerprint density at radius 1 is 1.21 bits per heavy atom. The van der Waals surface area contributed by atoms with E-state index in [4.69, 9.17) is 0 Å². The Balaban J connectivity index is 2.54. The summed E-state index contributed by atoms with van der Waals surface area (Å²) in [6.07, 6.45) is 0.267. The Labute approximate surface area is 113 Å². The number of hydrogen-bond acceptors (Lipinski definition) is 1. The molecule has 0 aliphatic heterocycles. The van der Waals surface area contributed by atoms with Crippen LogP contribution in [0.4, 0.5) is 8.78 Å². The Morgan fingerprint density at radius 3 is 2.26 bits per heavy atom. The standard InChI is InChI=1S/C14H21F2N3/c1-14(2,3)19-13(17-4)18-9-8-10-11(15)6-5-7-12(10)16/h5-7H,8-9H2,1-4H3,(H2,17,18,19). The molecule has 2 N–H and O–H groups in total. The first-order valence-corrected chi connectivity index (χ1v) is 6.25. The van der Waals surface area contributed by atoms with Crippen LogP contribution in [0.5, 0.6) is 0 Å². The molecule has 1 rings (SSSR count). The molecular formula is C14H21F2N3. The van der Waals surface area contributed by atoms with Gasteiger partial charge in [0.15, 0.2) is 5.96 Å². The molecule has 0 atom stereocenters. The molecule has 3 nitrogen and oxygen atoms in total. The highest BCUT2D eigenvalue weighted by molar-refractivity contribution is 5.80. The number of hydrogen-bond donors (Lipinski definition) is 2. The van der Waals surface area contributed by atoms with Gasteiger partial charge in [-0.25, -0.2) is 8.78 Å². The molecule has 19 heavy (non-hydrogen) atoms. The van der Waals surface area contributed by atoms with Crippen LogP contribution in [0.25, 0.3) is 0 Å². The average Bonchev–Trinajstić information content (AvgIpc) is 2.30. The lowest BCUT2D eigenvalue weighted by atomic mass is 10.1. The molecular weight excluding hydrogens is 248 g/mol. The van der Waals surface area contributed by atoms with E-state index in [0.717, 1.165) is 0 Å². The average molecular weight is 269 g/mol. The second-order valence-corrected chi connectivity index (χ2v) is 5.32. The smallest absolute Gasteiger partial charge is 0.191 e. The molecule has 0 saturated carbocycles. The molecule has 0 saturated heterocycles. The summed E-state index contributed by atoms with van der Waals surface area (Å²) in [5.74, 6) is -0.412. The molecule has 0 radical (unpaired) electrons. The highest BCUT2D eigenvalue weighted by atomic mass is 19.1. The van der Waals surface area contributed by atoms with Gasteiger partial charge in [-0.05, 0) is 39.3 Å². The topological polar surface area (TPSA) is 36.4 Å². The maximum atomic E-state index is 13.4. The minimum absolute atomic E-state index is 0.0983. The Hall–Kier alpha value is -1.65. The first-order valence-electron chi connectivity index (χ1n) is 6.25. The number of nitrogens with one attached hydrogen (secondary N) is 2. The third-order valence-electron chi connectivity index (χ3n) is 2.45. The van der Waals surface area contributed by atoms with Gasteiger partial charge in [0.2, 0.25) is 0 Å². The van der Waals surface area contributed by atoms with Crippen molar-refractivity contribution in [2.75, 3.05) is 13.6 Å².